The molecule has 30 heavy (non-hydrogen) atoms. The molecule has 0 spiro atoms. The van der Waals surface area contributed by atoms with Crippen molar-refractivity contribution in [2.75, 3.05) is 19.7 Å². The van der Waals surface area contributed by atoms with Crippen LogP contribution in [-0.4, -0.2) is 57.1 Å². The molecule has 0 bridgehead atoms. The fraction of sp³-hybridized carbons (Fsp3) is 0.286. The van der Waals surface area contributed by atoms with Gasteiger partial charge in [-0.05, 0) is 29.3 Å². The Morgan fingerprint density at radius 2 is 2.00 bits per heavy atom. The summed E-state index contributed by atoms with van der Waals surface area (Å²) in [6.07, 6.45) is -0.250. The van der Waals surface area contributed by atoms with E-state index in [1.807, 2.05) is 30.3 Å². The van der Waals surface area contributed by atoms with Crippen LogP contribution in [-0.2, 0) is 15.9 Å². The Bertz CT molecular complexity index is 1070. The van der Waals surface area contributed by atoms with E-state index < -0.39 is 6.10 Å². The van der Waals surface area contributed by atoms with Gasteiger partial charge in [-0.25, -0.2) is 4.79 Å². The van der Waals surface area contributed by atoms with E-state index in [9.17, 15) is 9.59 Å². The molecule has 3 heterocycles. The molecule has 9 nitrogen and oxygen atoms in total. The monoisotopic (exact) mass is 405 g/mol. The molecule has 9 heteroatoms. The molecule has 2 aliphatic heterocycles. The molecule has 2 aromatic carbocycles. The highest BCUT2D eigenvalue weighted by atomic mass is 16.5. The molecule has 0 radical (unpaired) electrons. The lowest BCUT2D eigenvalue weighted by atomic mass is 9.93. The number of carbonyl (C=O) groups excluding carboxylic acids is 2. The van der Waals surface area contributed by atoms with E-state index in [0.717, 1.165) is 11.1 Å². The minimum atomic E-state index is -0.420. The second-order valence-corrected chi connectivity index (χ2v) is 7.26. The van der Waals surface area contributed by atoms with E-state index in [1.54, 1.807) is 23.1 Å². The van der Waals surface area contributed by atoms with Gasteiger partial charge in [-0.2, -0.15) is 5.21 Å². The van der Waals surface area contributed by atoms with E-state index in [1.165, 1.54) is 0 Å². The van der Waals surface area contributed by atoms with Gasteiger partial charge in [-0.1, -0.05) is 35.5 Å². The first kappa shape index (κ1) is 18.4. The number of cyclic esters (lactones) is 1. The van der Waals surface area contributed by atoms with Gasteiger partial charge in [0.25, 0.3) is 5.91 Å². The summed E-state index contributed by atoms with van der Waals surface area (Å²) in [5.74, 6) is -0.0659. The average Bonchev–Trinajstić information content (AvgIpc) is 3.34. The molecule has 3 aromatic rings. The molecule has 152 valence electrons. The van der Waals surface area contributed by atoms with Crippen LogP contribution in [0.3, 0.4) is 0 Å². The minimum absolute atomic E-state index is 0.121. The van der Waals surface area contributed by atoms with Crippen LogP contribution in [0.5, 0.6) is 0 Å². The predicted octanol–water partition coefficient (Wildman–Crippen LogP) is 1.87. The van der Waals surface area contributed by atoms with Crippen molar-refractivity contribution in [1.29, 1.82) is 0 Å². The van der Waals surface area contributed by atoms with Gasteiger partial charge >= 0.3 is 5.97 Å². The van der Waals surface area contributed by atoms with Gasteiger partial charge in [-0.15, -0.1) is 10.2 Å². The second kappa shape index (κ2) is 7.68. The maximum Gasteiger partial charge on any atom is 0.339 e. The van der Waals surface area contributed by atoms with Gasteiger partial charge in [-0.3, -0.25) is 4.79 Å². The highest BCUT2D eigenvalue weighted by Crippen LogP contribution is 2.31. The molecule has 1 aromatic heterocycles. The largest absolute Gasteiger partial charge is 0.454 e. The van der Waals surface area contributed by atoms with Crippen molar-refractivity contribution in [2.45, 2.75) is 18.6 Å². The first-order chi connectivity index (χ1) is 14.7. The van der Waals surface area contributed by atoms with Crippen LogP contribution >= 0.6 is 0 Å². The minimum Gasteiger partial charge on any atom is -0.454 e. The lowest BCUT2D eigenvalue weighted by Crippen LogP contribution is -2.42. The van der Waals surface area contributed by atoms with Crippen LogP contribution in [0.2, 0.25) is 0 Å². The molecule has 2 aliphatic rings. The highest BCUT2D eigenvalue weighted by Gasteiger charge is 2.31. The third-order valence-electron chi connectivity index (χ3n) is 5.40. The Morgan fingerprint density at radius 3 is 2.80 bits per heavy atom. The van der Waals surface area contributed by atoms with Crippen molar-refractivity contribution in [1.82, 2.24) is 25.5 Å². The van der Waals surface area contributed by atoms with Crippen LogP contribution < -0.4 is 0 Å². The molecular formula is C21H19N5O4. The number of esters is 1. The van der Waals surface area contributed by atoms with Crippen molar-refractivity contribution >= 4 is 11.9 Å². The zero-order chi connectivity index (χ0) is 20.5. The molecule has 1 fully saturated rings. The van der Waals surface area contributed by atoms with Crippen molar-refractivity contribution in [3.63, 3.8) is 0 Å². The van der Waals surface area contributed by atoms with Crippen LogP contribution in [0.1, 0.15) is 49.9 Å². The lowest BCUT2D eigenvalue weighted by molar-refractivity contribution is -0.0268. The number of hydrogen-bond acceptors (Lipinski definition) is 7. The topological polar surface area (TPSA) is 110 Å². The number of H-pyrrole nitrogens is 1. The summed E-state index contributed by atoms with van der Waals surface area (Å²) in [4.78, 5) is 27.3. The van der Waals surface area contributed by atoms with Gasteiger partial charge in [0, 0.05) is 18.5 Å². The Labute approximate surface area is 172 Å². The third kappa shape index (κ3) is 3.43. The Morgan fingerprint density at radius 1 is 1.13 bits per heavy atom. The molecular weight excluding hydrogens is 386 g/mol. The Kier molecular flexibility index (Phi) is 4.72. The number of nitrogens with zero attached hydrogens (tertiary/aromatic N) is 4. The Balaban J connectivity index is 1.37. The summed E-state index contributed by atoms with van der Waals surface area (Å²) in [6.45, 7) is 1.20. The Hall–Kier alpha value is -3.59. The number of hydrogen-bond donors (Lipinski definition) is 1. The quantitative estimate of drug-likeness (QED) is 0.662. The number of morpholine rings is 1. The number of rotatable bonds is 3. The predicted molar refractivity (Wildman–Crippen MR) is 104 cm³/mol. The number of nitrogens with one attached hydrogen (secondary N) is 1. The summed E-state index contributed by atoms with van der Waals surface area (Å²) < 4.78 is 11.3. The fourth-order valence-corrected chi connectivity index (χ4v) is 3.86. The number of aromatic nitrogens is 4. The van der Waals surface area contributed by atoms with Gasteiger partial charge in [0.1, 0.15) is 12.2 Å². The zero-order valence-corrected chi connectivity index (χ0v) is 16.0. The highest BCUT2D eigenvalue weighted by molar-refractivity contribution is 5.97. The number of ether oxygens (including phenoxy) is 2. The standard InChI is InChI=1S/C21H19N5O4/c27-20(26-8-9-29-18(12-26)19-22-24-25-23-19)14-6-7-16-15(10-14)11-17(30-21(16)28)13-4-2-1-3-5-13/h1-7,10,17-18H,8-9,11-12H2,(H,22,23,24,25). The van der Waals surface area contributed by atoms with E-state index in [2.05, 4.69) is 20.6 Å². The van der Waals surface area contributed by atoms with Gasteiger partial charge in [0.15, 0.2) is 0 Å². The van der Waals surface area contributed by atoms with Gasteiger partial charge in [0.2, 0.25) is 5.82 Å². The summed E-state index contributed by atoms with van der Waals surface area (Å²) >= 11 is 0. The molecule has 0 saturated carbocycles. The molecule has 0 aliphatic carbocycles. The van der Waals surface area contributed by atoms with Crippen LogP contribution in [0.25, 0.3) is 0 Å². The number of carbonyl (C=O) groups is 2. The van der Waals surface area contributed by atoms with Gasteiger partial charge in [0.05, 0.1) is 18.7 Å². The smallest absolute Gasteiger partial charge is 0.339 e. The van der Waals surface area contributed by atoms with Crippen molar-refractivity contribution in [3.05, 3.63) is 76.6 Å². The number of aromatic amines is 1. The molecule has 1 N–H and O–H groups in total. The zero-order valence-electron chi connectivity index (χ0n) is 16.0. The number of benzene rings is 2. The summed E-state index contributed by atoms with van der Waals surface area (Å²) in [6, 6.07) is 14.8. The molecule has 2 atom stereocenters. The summed E-state index contributed by atoms with van der Waals surface area (Å²) in [5.41, 5.74) is 2.78. The maximum atomic E-state index is 13.1. The van der Waals surface area contributed by atoms with Crippen molar-refractivity contribution in [3.8, 4) is 0 Å². The average molecular weight is 405 g/mol. The number of tetrazole rings is 1. The summed E-state index contributed by atoms with van der Waals surface area (Å²) in [5, 5.41) is 13.8. The summed E-state index contributed by atoms with van der Waals surface area (Å²) in [7, 11) is 0. The van der Waals surface area contributed by atoms with E-state index in [4.69, 9.17) is 9.47 Å². The first-order valence-corrected chi connectivity index (χ1v) is 9.72. The normalized spacial score (nSPS) is 21.1. The fourth-order valence-electron chi connectivity index (χ4n) is 3.86. The molecule has 1 saturated heterocycles. The van der Waals surface area contributed by atoms with Gasteiger partial charge < -0.3 is 14.4 Å². The first-order valence-electron chi connectivity index (χ1n) is 9.72. The van der Waals surface area contributed by atoms with Crippen LogP contribution in [0, 0.1) is 0 Å². The number of fused-ring (bicyclic) bond motifs is 1. The van der Waals surface area contributed by atoms with E-state index in [-0.39, 0.29) is 18.0 Å². The molecule has 2 unspecified atom stereocenters. The van der Waals surface area contributed by atoms with Crippen LogP contribution in [0.4, 0.5) is 0 Å². The van der Waals surface area contributed by atoms with Crippen molar-refractivity contribution < 1.29 is 19.1 Å². The lowest BCUT2D eigenvalue weighted by Gasteiger charge is -2.32. The van der Waals surface area contributed by atoms with Crippen molar-refractivity contribution in [2.24, 2.45) is 0 Å². The third-order valence-corrected chi connectivity index (χ3v) is 5.40. The number of amides is 1. The van der Waals surface area contributed by atoms with E-state index in [0.29, 0.717) is 43.1 Å². The van der Waals surface area contributed by atoms with Crippen LogP contribution in [0.15, 0.2) is 48.5 Å². The second-order valence-electron chi connectivity index (χ2n) is 7.26. The maximum absolute atomic E-state index is 13.1. The molecule has 1 amide bonds. The van der Waals surface area contributed by atoms with E-state index >= 15 is 0 Å². The SMILES string of the molecule is O=C1OC(c2ccccc2)Cc2cc(C(=O)N3CCOC(c4nn[nH]n4)C3)ccc21. The molecule has 5 rings (SSSR count).